The van der Waals surface area contributed by atoms with Gasteiger partial charge in [0, 0.05) is 0 Å². The van der Waals surface area contributed by atoms with Crippen molar-refractivity contribution in [1.82, 2.24) is 4.90 Å². The molecule has 29 heavy (non-hydrogen) atoms. The maximum Gasteiger partial charge on any atom is 0.414 e. The summed E-state index contributed by atoms with van der Waals surface area (Å²) in [5.41, 5.74) is -1.22. The average Bonchev–Trinajstić information content (AvgIpc) is 2.82. The number of carbonyl (C=O) groups is 3. The molecule has 6 nitrogen and oxygen atoms in total. The molecule has 1 aliphatic rings. The van der Waals surface area contributed by atoms with Crippen LogP contribution in [0.5, 0.6) is 0 Å². The van der Waals surface area contributed by atoms with E-state index >= 15 is 0 Å². The van der Waals surface area contributed by atoms with E-state index in [1.807, 2.05) is 20.8 Å². The normalized spacial score (nSPS) is 22.7. The summed E-state index contributed by atoms with van der Waals surface area (Å²) in [6.45, 7) is 12.3. The van der Waals surface area contributed by atoms with Crippen LogP contribution in [0, 0.1) is 23.6 Å². The number of carboxylic acid groups (broad SMARTS) is 1. The molecule has 1 fully saturated rings. The molecule has 0 spiro atoms. The van der Waals surface area contributed by atoms with Crippen LogP contribution < -0.4 is 0 Å². The summed E-state index contributed by atoms with van der Waals surface area (Å²) in [6.07, 6.45) is -1.27. The molecule has 1 aromatic carbocycles. The predicted molar refractivity (Wildman–Crippen MR) is 106 cm³/mol. The van der Waals surface area contributed by atoms with Gasteiger partial charge in [-0.3, -0.25) is 4.79 Å². The molecule has 2 amide bonds. The van der Waals surface area contributed by atoms with Gasteiger partial charge in [-0.2, -0.15) is 0 Å². The number of halogens is 1. The van der Waals surface area contributed by atoms with Crippen LogP contribution in [0.25, 0.3) is 0 Å². The highest BCUT2D eigenvalue weighted by Crippen LogP contribution is 2.52. The molecule has 1 heterocycles. The monoisotopic (exact) mass is 407 g/mol. The van der Waals surface area contributed by atoms with Crippen LogP contribution in [0.4, 0.5) is 9.18 Å². The van der Waals surface area contributed by atoms with Crippen molar-refractivity contribution in [2.45, 2.75) is 73.0 Å². The van der Waals surface area contributed by atoms with E-state index in [2.05, 4.69) is 0 Å². The third-order valence-corrected chi connectivity index (χ3v) is 5.60. The summed E-state index contributed by atoms with van der Waals surface area (Å²) in [5, 5.41) is 9.70. The largest absolute Gasteiger partial charge is 0.465 e. The molecule has 0 aliphatic carbocycles. The Bertz CT molecular complexity index is 837. The number of benzene rings is 1. The molecule has 2 atom stereocenters. The second-order valence-electron chi connectivity index (χ2n) is 9.79. The number of carbonyl (C=O) groups excluding carboxylic acids is 2. The van der Waals surface area contributed by atoms with E-state index in [1.54, 1.807) is 33.8 Å². The lowest BCUT2D eigenvalue weighted by Crippen LogP contribution is -2.48. The Hall–Kier alpha value is -2.44. The summed E-state index contributed by atoms with van der Waals surface area (Å²) >= 11 is 0. The van der Waals surface area contributed by atoms with Gasteiger partial charge >= 0.3 is 12.1 Å². The zero-order chi connectivity index (χ0) is 22.4. The number of nitrogens with zero attached hydrogens (tertiary/aromatic N) is 1. The summed E-state index contributed by atoms with van der Waals surface area (Å²) in [7, 11) is 0. The fourth-order valence-corrected chi connectivity index (χ4v) is 3.88. The van der Waals surface area contributed by atoms with Crippen molar-refractivity contribution in [2.24, 2.45) is 10.8 Å². The summed E-state index contributed by atoms with van der Waals surface area (Å²) in [6, 6.07) is 3.08. The number of hydrogen-bond acceptors (Lipinski definition) is 4. The number of rotatable bonds is 3. The Balaban J connectivity index is 2.55. The van der Waals surface area contributed by atoms with Gasteiger partial charge in [0.2, 0.25) is 5.91 Å². The quantitative estimate of drug-likeness (QED) is 0.754. The standard InChI is InChI=1S/C22H30FNO5/c1-13-10-15(23)9-8-14(13)11-22(20(2,3)4)12-16(17(25)29-21(5,6)7)24(18(22)26)19(27)28/h8-10,16H,11-12H2,1-7H3,(H,27,28). The van der Waals surface area contributed by atoms with E-state index in [0.717, 1.165) is 5.56 Å². The number of hydrogen-bond donors (Lipinski definition) is 1. The van der Waals surface area contributed by atoms with Gasteiger partial charge in [0.25, 0.3) is 0 Å². The fourth-order valence-electron chi connectivity index (χ4n) is 3.88. The molecule has 1 aliphatic heterocycles. The third kappa shape index (κ3) is 4.43. The van der Waals surface area contributed by atoms with E-state index in [9.17, 15) is 23.9 Å². The van der Waals surface area contributed by atoms with E-state index in [-0.39, 0.29) is 18.7 Å². The van der Waals surface area contributed by atoms with E-state index in [4.69, 9.17) is 4.74 Å². The highest BCUT2D eigenvalue weighted by Gasteiger charge is 2.61. The van der Waals surface area contributed by atoms with Crippen molar-refractivity contribution in [3.63, 3.8) is 0 Å². The molecule has 1 N–H and O–H groups in total. The molecule has 2 unspecified atom stereocenters. The Morgan fingerprint density at radius 1 is 1.24 bits per heavy atom. The number of amides is 2. The molecule has 0 bridgehead atoms. The second-order valence-corrected chi connectivity index (χ2v) is 9.79. The van der Waals surface area contributed by atoms with Crippen LogP contribution in [0.15, 0.2) is 18.2 Å². The molecular formula is C22H30FNO5. The maximum atomic E-state index is 13.5. The third-order valence-electron chi connectivity index (χ3n) is 5.60. The number of ether oxygens (including phenoxy) is 1. The smallest absolute Gasteiger partial charge is 0.414 e. The summed E-state index contributed by atoms with van der Waals surface area (Å²) < 4.78 is 18.9. The zero-order valence-corrected chi connectivity index (χ0v) is 18.1. The first-order valence-corrected chi connectivity index (χ1v) is 9.63. The number of esters is 1. The summed E-state index contributed by atoms with van der Waals surface area (Å²) in [5.74, 6) is -1.75. The van der Waals surface area contributed by atoms with E-state index in [1.165, 1.54) is 12.1 Å². The van der Waals surface area contributed by atoms with Gasteiger partial charge < -0.3 is 9.84 Å². The number of likely N-dealkylation sites (tertiary alicyclic amines) is 1. The van der Waals surface area contributed by atoms with Crippen molar-refractivity contribution in [1.29, 1.82) is 0 Å². The lowest BCUT2D eigenvalue weighted by atomic mass is 9.61. The second kappa shape index (κ2) is 7.43. The Morgan fingerprint density at radius 3 is 2.28 bits per heavy atom. The number of imide groups is 1. The average molecular weight is 407 g/mol. The molecule has 160 valence electrons. The van der Waals surface area contributed by atoms with Gasteiger partial charge in [-0.05, 0) is 69.2 Å². The van der Waals surface area contributed by atoms with Gasteiger partial charge in [-0.1, -0.05) is 26.8 Å². The van der Waals surface area contributed by atoms with E-state index < -0.39 is 40.4 Å². The molecule has 0 saturated carbocycles. The van der Waals surface area contributed by atoms with Gasteiger partial charge in [-0.25, -0.2) is 18.9 Å². The first-order valence-electron chi connectivity index (χ1n) is 9.63. The fraction of sp³-hybridized carbons (Fsp3) is 0.591. The Kier molecular flexibility index (Phi) is 5.85. The van der Waals surface area contributed by atoms with Crippen LogP contribution in [0.3, 0.4) is 0 Å². The first-order chi connectivity index (χ1) is 13.1. The Morgan fingerprint density at radius 2 is 1.83 bits per heavy atom. The van der Waals surface area contributed by atoms with Crippen LogP contribution in [-0.2, 0) is 20.7 Å². The Labute approximate surface area is 171 Å². The van der Waals surface area contributed by atoms with Crippen molar-refractivity contribution in [2.75, 3.05) is 0 Å². The SMILES string of the molecule is Cc1cc(F)ccc1CC1(C(C)(C)C)CC(C(=O)OC(C)(C)C)N(C(=O)O)C1=O. The van der Waals surface area contributed by atoms with Crippen LogP contribution >= 0.6 is 0 Å². The van der Waals surface area contributed by atoms with Gasteiger partial charge in [0.15, 0.2) is 0 Å². The lowest BCUT2D eigenvalue weighted by molar-refractivity contribution is -0.161. The van der Waals surface area contributed by atoms with E-state index in [0.29, 0.717) is 10.5 Å². The van der Waals surface area contributed by atoms with Crippen molar-refractivity contribution in [3.8, 4) is 0 Å². The molecule has 0 radical (unpaired) electrons. The molecule has 1 aromatic rings. The number of aryl methyl sites for hydroxylation is 1. The van der Waals surface area contributed by atoms with Crippen molar-refractivity contribution >= 4 is 18.0 Å². The van der Waals surface area contributed by atoms with Crippen LogP contribution in [-0.4, -0.2) is 39.6 Å². The zero-order valence-electron chi connectivity index (χ0n) is 18.1. The van der Waals surface area contributed by atoms with Gasteiger partial charge in [0.05, 0.1) is 5.41 Å². The molecule has 1 saturated heterocycles. The predicted octanol–water partition coefficient (Wildman–Crippen LogP) is 4.33. The topological polar surface area (TPSA) is 83.9 Å². The van der Waals surface area contributed by atoms with Crippen LogP contribution in [0.2, 0.25) is 0 Å². The highest BCUT2D eigenvalue weighted by atomic mass is 19.1. The van der Waals surface area contributed by atoms with Crippen molar-refractivity contribution < 1.29 is 28.6 Å². The maximum absolute atomic E-state index is 13.5. The molecule has 0 aromatic heterocycles. The first kappa shape index (κ1) is 22.8. The molecular weight excluding hydrogens is 377 g/mol. The van der Waals surface area contributed by atoms with Crippen LogP contribution in [0.1, 0.15) is 59.1 Å². The minimum absolute atomic E-state index is 0.00730. The molecule has 2 rings (SSSR count). The molecule has 7 heteroatoms. The lowest BCUT2D eigenvalue weighted by Gasteiger charge is -2.40. The highest BCUT2D eigenvalue weighted by molar-refractivity contribution is 6.02. The van der Waals surface area contributed by atoms with Gasteiger partial charge in [0.1, 0.15) is 17.5 Å². The summed E-state index contributed by atoms with van der Waals surface area (Å²) in [4.78, 5) is 38.7. The van der Waals surface area contributed by atoms with Gasteiger partial charge in [-0.15, -0.1) is 0 Å². The van der Waals surface area contributed by atoms with Crippen molar-refractivity contribution in [3.05, 3.63) is 35.1 Å². The minimum Gasteiger partial charge on any atom is -0.465 e. The minimum atomic E-state index is -1.48.